The molecule has 0 spiro atoms. The third-order valence-corrected chi connectivity index (χ3v) is 6.35. The number of unbranched alkanes of at least 4 members (excludes halogenated alkanes) is 15. The SMILES string of the molecule is CCCCCCCCCCCCCCc1n(CCCCC)cc[n+]1CCCCC. The number of aromatic nitrogens is 2. The molecule has 29 heavy (non-hydrogen) atoms. The van der Waals surface area contributed by atoms with Gasteiger partial charge in [0.1, 0.15) is 12.4 Å². The summed E-state index contributed by atoms with van der Waals surface area (Å²) in [4.78, 5) is 0. The second kappa shape index (κ2) is 19.2. The standard InChI is InChI=1S/C27H53N2/c1-4-7-10-11-12-13-14-15-16-17-18-19-22-27-28(23-20-8-5-2)25-26-29(27)24-21-9-6-3/h25-26H,4-24H2,1-3H3/q+1. The molecule has 0 bridgehead atoms. The average Bonchev–Trinajstić information content (AvgIpc) is 3.11. The van der Waals surface area contributed by atoms with Crippen molar-refractivity contribution in [1.82, 2.24) is 4.57 Å². The van der Waals surface area contributed by atoms with E-state index in [0.717, 1.165) is 0 Å². The van der Waals surface area contributed by atoms with Gasteiger partial charge >= 0.3 is 0 Å². The Labute approximate surface area is 183 Å². The Morgan fingerprint density at radius 3 is 1.66 bits per heavy atom. The van der Waals surface area contributed by atoms with E-state index in [1.165, 1.54) is 135 Å². The Morgan fingerprint density at radius 1 is 0.586 bits per heavy atom. The van der Waals surface area contributed by atoms with Crippen molar-refractivity contribution >= 4 is 0 Å². The molecule has 170 valence electrons. The zero-order valence-electron chi connectivity index (χ0n) is 20.4. The van der Waals surface area contributed by atoms with Gasteiger partial charge in [0, 0.05) is 6.42 Å². The van der Waals surface area contributed by atoms with Crippen molar-refractivity contribution in [2.24, 2.45) is 0 Å². The lowest BCUT2D eigenvalue weighted by Gasteiger charge is -2.06. The Morgan fingerprint density at radius 2 is 1.07 bits per heavy atom. The van der Waals surface area contributed by atoms with Crippen molar-refractivity contribution in [3.63, 3.8) is 0 Å². The lowest BCUT2D eigenvalue weighted by Crippen LogP contribution is -2.37. The third-order valence-electron chi connectivity index (χ3n) is 6.35. The van der Waals surface area contributed by atoms with E-state index in [9.17, 15) is 0 Å². The number of imidazole rings is 1. The maximum atomic E-state index is 2.56. The van der Waals surface area contributed by atoms with Crippen molar-refractivity contribution in [2.45, 2.75) is 156 Å². The number of rotatable bonds is 21. The first-order valence-corrected chi connectivity index (χ1v) is 13.4. The second-order valence-electron chi connectivity index (χ2n) is 9.15. The molecule has 2 nitrogen and oxygen atoms in total. The van der Waals surface area contributed by atoms with Crippen LogP contribution in [0.1, 0.15) is 142 Å². The minimum Gasteiger partial charge on any atom is -0.234 e. The summed E-state index contributed by atoms with van der Waals surface area (Å²) in [5.74, 6) is 1.59. The summed E-state index contributed by atoms with van der Waals surface area (Å²) in [6.07, 6.45) is 31.1. The van der Waals surface area contributed by atoms with E-state index in [-0.39, 0.29) is 0 Å². The summed E-state index contributed by atoms with van der Waals surface area (Å²) in [6.45, 7) is 9.32. The van der Waals surface area contributed by atoms with Crippen LogP contribution in [-0.2, 0) is 19.5 Å². The quantitative estimate of drug-likeness (QED) is 0.143. The lowest BCUT2D eigenvalue weighted by molar-refractivity contribution is -0.704. The topological polar surface area (TPSA) is 8.81 Å². The molecule has 2 heteroatoms. The number of nitrogens with zero attached hydrogens (tertiary/aromatic N) is 2. The van der Waals surface area contributed by atoms with Crippen LogP contribution in [0.15, 0.2) is 12.4 Å². The monoisotopic (exact) mass is 405 g/mol. The average molecular weight is 406 g/mol. The second-order valence-corrected chi connectivity index (χ2v) is 9.15. The van der Waals surface area contributed by atoms with Crippen molar-refractivity contribution in [3.05, 3.63) is 18.2 Å². The van der Waals surface area contributed by atoms with Gasteiger partial charge in [0.05, 0.1) is 13.1 Å². The van der Waals surface area contributed by atoms with Crippen molar-refractivity contribution < 1.29 is 4.57 Å². The van der Waals surface area contributed by atoms with Gasteiger partial charge in [-0.15, -0.1) is 0 Å². The number of hydrogen-bond donors (Lipinski definition) is 0. The lowest BCUT2D eigenvalue weighted by atomic mass is 10.0. The summed E-state index contributed by atoms with van der Waals surface area (Å²) in [5.41, 5.74) is 0. The molecule has 0 unspecified atom stereocenters. The predicted molar refractivity (Wildman–Crippen MR) is 128 cm³/mol. The van der Waals surface area contributed by atoms with Crippen LogP contribution in [0, 0.1) is 0 Å². The Balaban J connectivity index is 2.20. The molecule has 0 saturated carbocycles. The summed E-state index contributed by atoms with van der Waals surface area (Å²) in [6, 6.07) is 0. The molecule has 0 amide bonds. The molecular formula is C27H53N2+. The van der Waals surface area contributed by atoms with E-state index in [1.807, 2.05) is 0 Å². The van der Waals surface area contributed by atoms with Gasteiger partial charge < -0.3 is 0 Å². The van der Waals surface area contributed by atoms with E-state index in [2.05, 4.69) is 42.3 Å². The molecule has 0 atom stereocenters. The van der Waals surface area contributed by atoms with Gasteiger partial charge in [0.25, 0.3) is 5.82 Å². The fourth-order valence-corrected chi connectivity index (χ4v) is 4.38. The minimum atomic E-state index is 1.21. The van der Waals surface area contributed by atoms with Gasteiger partial charge in [0.2, 0.25) is 0 Å². The van der Waals surface area contributed by atoms with E-state index in [0.29, 0.717) is 0 Å². The number of aryl methyl sites for hydroxylation is 2. The maximum absolute atomic E-state index is 2.56. The zero-order chi connectivity index (χ0) is 21.0. The number of hydrogen-bond acceptors (Lipinski definition) is 0. The van der Waals surface area contributed by atoms with E-state index >= 15 is 0 Å². The van der Waals surface area contributed by atoms with Crippen LogP contribution < -0.4 is 4.57 Å². The van der Waals surface area contributed by atoms with Crippen LogP contribution in [0.2, 0.25) is 0 Å². The minimum absolute atomic E-state index is 1.21. The molecular weight excluding hydrogens is 352 g/mol. The molecule has 0 fully saturated rings. The summed E-state index contributed by atoms with van der Waals surface area (Å²) < 4.78 is 5.11. The molecule has 0 aliphatic carbocycles. The molecule has 1 aromatic heterocycles. The van der Waals surface area contributed by atoms with E-state index in [4.69, 9.17) is 0 Å². The molecule has 0 radical (unpaired) electrons. The van der Waals surface area contributed by atoms with Crippen LogP contribution in [-0.4, -0.2) is 4.57 Å². The highest BCUT2D eigenvalue weighted by atomic mass is 15.1. The van der Waals surface area contributed by atoms with Gasteiger partial charge in [-0.2, -0.15) is 0 Å². The summed E-state index contributed by atoms with van der Waals surface area (Å²) in [7, 11) is 0. The molecule has 1 heterocycles. The van der Waals surface area contributed by atoms with Crippen LogP contribution >= 0.6 is 0 Å². The largest absolute Gasteiger partial charge is 0.256 e. The molecule has 0 aromatic carbocycles. The fourth-order valence-electron chi connectivity index (χ4n) is 4.38. The molecule has 1 aromatic rings. The summed E-state index contributed by atoms with van der Waals surface area (Å²) in [5, 5.41) is 0. The highest BCUT2D eigenvalue weighted by Gasteiger charge is 2.16. The first-order valence-electron chi connectivity index (χ1n) is 13.4. The van der Waals surface area contributed by atoms with Gasteiger partial charge in [0.15, 0.2) is 0 Å². The first-order chi connectivity index (χ1) is 14.3. The normalized spacial score (nSPS) is 11.4. The fraction of sp³-hybridized carbons (Fsp3) is 0.889. The smallest absolute Gasteiger partial charge is 0.234 e. The molecule has 0 N–H and O–H groups in total. The van der Waals surface area contributed by atoms with Gasteiger partial charge in [-0.25, -0.2) is 9.13 Å². The van der Waals surface area contributed by atoms with E-state index < -0.39 is 0 Å². The van der Waals surface area contributed by atoms with Crippen LogP contribution in [0.3, 0.4) is 0 Å². The van der Waals surface area contributed by atoms with Crippen LogP contribution in [0.5, 0.6) is 0 Å². The van der Waals surface area contributed by atoms with Crippen LogP contribution in [0.25, 0.3) is 0 Å². The third kappa shape index (κ3) is 13.2. The van der Waals surface area contributed by atoms with E-state index in [1.54, 1.807) is 5.82 Å². The molecule has 0 aliphatic rings. The molecule has 0 aliphatic heterocycles. The molecule has 0 saturated heterocycles. The van der Waals surface area contributed by atoms with Gasteiger partial charge in [-0.3, -0.25) is 0 Å². The summed E-state index contributed by atoms with van der Waals surface area (Å²) >= 11 is 0. The Hall–Kier alpha value is -0.790. The first kappa shape index (κ1) is 26.2. The Bertz CT molecular complexity index is 436. The predicted octanol–water partition coefficient (Wildman–Crippen LogP) is 8.40. The Kier molecular flexibility index (Phi) is 17.4. The van der Waals surface area contributed by atoms with Crippen molar-refractivity contribution in [1.29, 1.82) is 0 Å². The zero-order valence-corrected chi connectivity index (χ0v) is 20.4. The van der Waals surface area contributed by atoms with Crippen molar-refractivity contribution in [2.75, 3.05) is 0 Å². The highest BCUT2D eigenvalue weighted by Crippen LogP contribution is 2.13. The van der Waals surface area contributed by atoms with Gasteiger partial charge in [-0.1, -0.05) is 104 Å². The van der Waals surface area contributed by atoms with Crippen LogP contribution in [0.4, 0.5) is 0 Å². The highest BCUT2D eigenvalue weighted by molar-refractivity contribution is 4.84. The molecule has 1 rings (SSSR count). The maximum Gasteiger partial charge on any atom is 0.256 e. The van der Waals surface area contributed by atoms with Crippen molar-refractivity contribution in [3.8, 4) is 0 Å². The van der Waals surface area contributed by atoms with Gasteiger partial charge in [-0.05, 0) is 32.1 Å².